The van der Waals surface area contributed by atoms with Crippen LogP contribution in [0.1, 0.15) is 0 Å². The zero-order valence-corrected chi connectivity index (χ0v) is 8.61. The molecule has 1 rings (SSSR count). The van der Waals surface area contributed by atoms with Crippen molar-refractivity contribution < 1.29 is 8.78 Å². The van der Waals surface area contributed by atoms with E-state index in [-0.39, 0.29) is 11.0 Å². The molecule has 0 spiro atoms. The minimum absolute atomic E-state index is 0.187. The number of hydrogen-bond acceptors (Lipinski definition) is 3. The predicted octanol–water partition coefficient (Wildman–Crippen LogP) is 2.57. The fraction of sp³-hybridized carbons (Fsp3) is 0.333. The first kappa shape index (κ1) is 10.6. The first-order valence-electron chi connectivity index (χ1n) is 3.29. The highest BCUT2D eigenvalue weighted by atomic mass is 79.9. The van der Waals surface area contributed by atoms with Gasteiger partial charge in [-0.25, -0.2) is 18.7 Å². The maximum Gasteiger partial charge on any atom is 0.255 e. The molecular formula is C6H5BrClF2N3. The van der Waals surface area contributed by atoms with Crippen LogP contribution < -0.4 is 5.32 Å². The molecule has 13 heavy (non-hydrogen) atoms. The molecule has 3 nitrogen and oxygen atoms in total. The summed E-state index contributed by atoms with van der Waals surface area (Å²) in [5, 5.41) is 2.61. The third-order valence-electron chi connectivity index (χ3n) is 1.17. The van der Waals surface area contributed by atoms with Gasteiger partial charge in [0.25, 0.3) is 6.43 Å². The molecule has 0 unspecified atom stereocenters. The van der Waals surface area contributed by atoms with Gasteiger partial charge in [0, 0.05) is 0 Å². The Morgan fingerprint density at radius 3 is 2.85 bits per heavy atom. The zero-order valence-electron chi connectivity index (χ0n) is 6.27. The van der Waals surface area contributed by atoms with Gasteiger partial charge in [-0.05, 0) is 15.9 Å². The second-order valence-corrected chi connectivity index (χ2v) is 3.25. The van der Waals surface area contributed by atoms with Crippen LogP contribution in [0.3, 0.4) is 0 Å². The van der Waals surface area contributed by atoms with E-state index in [1.165, 1.54) is 6.33 Å². The molecule has 1 aromatic heterocycles. The van der Waals surface area contributed by atoms with Gasteiger partial charge < -0.3 is 5.32 Å². The number of nitrogens with zero attached hydrogens (tertiary/aromatic N) is 2. The maximum atomic E-state index is 11.8. The Balaban J connectivity index is 2.71. The number of aromatic nitrogens is 2. The van der Waals surface area contributed by atoms with Crippen molar-refractivity contribution in [3.63, 3.8) is 0 Å². The van der Waals surface area contributed by atoms with Gasteiger partial charge in [0.1, 0.15) is 17.3 Å². The lowest BCUT2D eigenvalue weighted by atomic mass is 10.5. The van der Waals surface area contributed by atoms with Crippen LogP contribution in [-0.2, 0) is 0 Å². The highest BCUT2D eigenvalue weighted by molar-refractivity contribution is 9.10. The van der Waals surface area contributed by atoms with Crippen molar-refractivity contribution in [3.05, 3.63) is 16.0 Å². The molecule has 0 aliphatic rings. The maximum absolute atomic E-state index is 11.8. The van der Waals surface area contributed by atoms with Crippen molar-refractivity contribution in [1.82, 2.24) is 9.97 Å². The Morgan fingerprint density at radius 2 is 2.23 bits per heavy atom. The van der Waals surface area contributed by atoms with E-state index in [2.05, 4.69) is 31.2 Å². The summed E-state index contributed by atoms with van der Waals surface area (Å²) >= 11 is 8.67. The van der Waals surface area contributed by atoms with Crippen LogP contribution in [0.5, 0.6) is 0 Å². The number of nitrogens with one attached hydrogen (secondary N) is 1. The van der Waals surface area contributed by atoms with E-state index < -0.39 is 13.0 Å². The Kier molecular flexibility index (Phi) is 3.80. The Morgan fingerprint density at radius 1 is 1.54 bits per heavy atom. The van der Waals surface area contributed by atoms with Gasteiger partial charge in [-0.1, -0.05) is 11.6 Å². The van der Waals surface area contributed by atoms with Crippen LogP contribution in [0, 0.1) is 0 Å². The van der Waals surface area contributed by atoms with Crippen LogP contribution in [0.25, 0.3) is 0 Å². The molecule has 0 amide bonds. The SMILES string of the molecule is FC(F)CNc1ncnc(Cl)c1Br. The van der Waals surface area contributed by atoms with Crippen molar-refractivity contribution in [2.24, 2.45) is 0 Å². The summed E-state index contributed by atoms with van der Waals surface area (Å²) in [5.74, 6) is 0.264. The lowest BCUT2D eigenvalue weighted by Crippen LogP contribution is -2.11. The van der Waals surface area contributed by atoms with Crippen LogP contribution in [0.2, 0.25) is 5.15 Å². The number of halogens is 4. The second kappa shape index (κ2) is 4.66. The first-order chi connectivity index (χ1) is 6.11. The number of anilines is 1. The largest absolute Gasteiger partial charge is 0.363 e. The van der Waals surface area contributed by atoms with Gasteiger partial charge in [-0.3, -0.25) is 0 Å². The second-order valence-electron chi connectivity index (χ2n) is 2.10. The molecule has 0 saturated carbocycles. The normalized spacial score (nSPS) is 10.5. The van der Waals surface area contributed by atoms with Gasteiger partial charge in [0.05, 0.1) is 11.0 Å². The number of alkyl halides is 2. The Bertz CT molecular complexity index is 297. The van der Waals surface area contributed by atoms with E-state index >= 15 is 0 Å². The summed E-state index contributed by atoms with van der Waals surface area (Å²) < 4.78 is 24.0. The predicted molar refractivity (Wildman–Crippen MR) is 49.2 cm³/mol. The number of rotatable bonds is 3. The average molecular weight is 272 g/mol. The smallest absolute Gasteiger partial charge is 0.255 e. The molecule has 0 bridgehead atoms. The molecule has 1 heterocycles. The third kappa shape index (κ3) is 3.04. The highest BCUT2D eigenvalue weighted by Crippen LogP contribution is 2.25. The molecule has 7 heteroatoms. The van der Waals surface area contributed by atoms with Gasteiger partial charge in [0.2, 0.25) is 0 Å². The monoisotopic (exact) mass is 271 g/mol. The van der Waals surface area contributed by atoms with Crippen LogP contribution in [-0.4, -0.2) is 22.9 Å². The van der Waals surface area contributed by atoms with Gasteiger partial charge in [0.15, 0.2) is 0 Å². The lowest BCUT2D eigenvalue weighted by Gasteiger charge is -2.06. The van der Waals surface area contributed by atoms with E-state index in [1.807, 2.05) is 0 Å². The quantitative estimate of drug-likeness (QED) is 0.859. The molecule has 72 valence electrons. The summed E-state index contributed by atoms with van der Waals surface area (Å²) in [6.45, 7) is -0.466. The topological polar surface area (TPSA) is 37.8 Å². The third-order valence-corrected chi connectivity index (χ3v) is 2.44. The molecule has 1 aromatic rings. The van der Waals surface area contributed by atoms with Crippen molar-refractivity contribution in [1.29, 1.82) is 0 Å². The van der Waals surface area contributed by atoms with Crippen molar-refractivity contribution in [3.8, 4) is 0 Å². The molecule has 0 aromatic carbocycles. The molecule has 0 fully saturated rings. The van der Waals surface area contributed by atoms with E-state index in [0.29, 0.717) is 4.47 Å². The summed E-state index contributed by atoms with van der Waals surface area (Å²) in [6, 6.07) is 0. The van der Waals surface area contributed by atoms with Crippen molar-refractivity contribution in [2.45, 2.75) is 6.43 Å². The summed E-state index contributed by atoms with van der Waals surface area (Å²) in [5.41, 5.74) is 0. The Labute approximate surface area is 86.7 Å². The van der Waals surface area contributed by atoms with E-state index in [9.17, 15) is 8.78 Å². The van der Waals surface area contributed by atoms with E-state index in [1.54, 1.807) is 0 Å². The fourth-order valence-electron chi connectivity index (χ4n) is 0.645. The first-order valence-corrected chi connectivity index (χ1v) is 4.46. The molecule has 1 N–H and O–H groups in total. The summed E-state index contributed by atoms with van der Waals surface area (Å²) in [4.78, 5) is 7.37. The Hall–Kier alpha value is -0.490. The molecule has 0 aliphatic carbocycles. The van der Waals surface area contributed by atoms with E-state index in [4.69, 9.17) is 11.6 Å². The molecule has 0 saturated heterocycles. The summed E-state index contributed by atoms with van der Waals surface area (Å²) in [7, 11) is 0. The van der Waals surface area contributed by atoms with E-state index in [0.717, 1.165) is 0 Å². The standard InChI is InChI=1S/C6H5BrClF2N3/c7-4-5(8)12-2-13-6(4)11-1-3(9)10/h2-3H,1H2,(H,11,12,13). The minimum Gasteiger partial charge on any atom is -0.363 e. The molecule has 0 aliphatic heterocycles. The van der Waals surface area contributed by atoms with Crippen LogP contribution in [0.15, 0.2) is 10.8 Å². The molecule has 0 atom stereocenters. The number of hydrogen-bond donors (Lipinski definition) is 1. The minimum atomic E-state index is -2.43. The van der Waals surface area contributed by atoms with Crippen LogP contribution in [0.4, 0.5) is 14.6 Å². The molecule has 0 radical (unpaired) electrons. The van der Waals surface area contributed by atoms with Crippen molar-refractivity contribution >= 4 is 33.3 Å². The lowest BCUT2D eigenvalue weighted by molar-refractivity contribution is 0.163. The average Bonchev–Trinajstić information content (AvgIpc) is 2.07. The summed E-state index contributed by atoms with van der Waals surface area (Å²) in [6.07, 6.45) is -1.23. The highest BCUT2D eigenvalue weighted by Gasteiger charge is 2.08. The van der Waals surface area contributed by atoms with Crippen LogP contribution >= 0.6 is 27.5 Å². The van der Waals surface area contributed by atoms with Gasteiger partial charge in [-0.15, -0.1) is 0 Å². The van der Waals surface area contributed by atoms with Gasteiger partial charge in [-0.2, -0.15) is 0 Å². The fourth-order valence-corrected chi connectivity index (χ4v) is 1.12. The zero-order chi connectivity index (χ0) is 9.84. The molecular weight excluding hydrogens is 267 g/mol. The van der Waals surface area contributed by atoms with Gasteiger partial charge >= 0.3 is 0 Å². The van der Waals surface area contributed by atoms with Crippen molar-refractivity contribution in [2.75, 3.05) is 11.9 Å².